The highest BCUT2D eigenvalue weighted by atomic mass is 35.5. The highest BCUT2D eigenvalue weighted by Crippen LogP contribution is 2.27. The number of aryl methyl sites for hydroxylation is 1. The van der Waals surface area contributed by atoms with Gasteiger partial charge in [-0.2, -0.15) is 0 Å². The van der Waals surface area contributed by atoms with E-state index < -0.39 is 4.92 Å². The fraction of sp³-hybridized carbons (Fsp3) is 0.143. The first-order valence-electron chi connectivity index (χ1n) is 9.17. The Morgan fingerprint density at radius 2 is 1.93 bits per heavy atom. The lowest BCUT2D eigenvalue weighted by molar-refractivity contribution is -0.384. The number of anilines is 1. The first-order valence-corrected chi connectivity index (χ1v) is 9.55. The van der Waals surface area contributed by atoms with Crippen LogP contribution in [0.3, 0.4) is 0 Å². The summed E-state index contributed by atoms with van der Waals surface area (Å²) < 4.78 is 7.52. The number of nitro benzene ring substituents is 1. The van der Waals surface area contributed by atoms with Crippen LogP contribution in [0, 0.1) is 10.1 Å². The molecule has 0 spiro atoms. The van der Waals surface area contributed by atoms with Crippen molar-refractivity contribution in [2.45, 2.75) is 13.0 Å². The lowest BCUT2D eigenvalue weighted by Gasteiger charge is -2.15. The van der Waals surface area contributed by atoms with E-state index in [1.807, 2.05) is 42.8 Å². The van der Waals surface area contributed by atoms with Gasteiger partial charge in [0.1, 0.15) is 5.75 Å². The zero-order chi connectivity index (χ0) is 21.3. The van der Waals surface area contributed by atoms with Crippen LogP contribution in [0.5, 0.6) is 11.6 Å². The molecule has 0 aliphatic rings. The summed E-state index contributed by atoms with van der Waals surface area (Å²) in [5.74, 6) is 1.76. The molecule has 2 aromatic heterocycles. The molecule has 0 aliphatic heterocycles. The van der Waals surface area contributed by atoms with Gasteiger partial charge in [0, 0.05) is 31.4 Å². The molecule has 0 saturated carbocycles. The van der Waals surface area contributed by atoms with Crippen molar-refractivity contribution in [3.8, 4) is 11.6 Å². The molecular weight excluding hydrogens is 406 g/mol. The van der Waals surface area contributed by atoms with Crippen molar-refractivity contribution in [1.82, 2.24) is 14.5 Å². The van der Waals surface area contributed by atoms with E-state index in [9.17, 15) is 10.1 Å². The second-order valence-electron chi connectivity index (χ2n) is 6.78. The molecule has 9 heteroatoms. The number of fused-ring (bicyclic) bond motifs is 1. The van der Waals surface area contributed by atoms with Crippen LogP contribution in [0.25, 0.3) is 11.0 Å². The Hall–Kier alpha value is -3.65. The number of pyridine rings is 1. The lowest BCUT2D eigenvalue weighted by atomic mass is 10.1. The number of nitrogens with zero attached hydrogens (tertiary/aromatic N) is 4. The van der Waals surface area contributed by atoms with E-state index in [0.29, 0.717) is 33.6 Å². The Labute approximate surface area is 177 Å². The second kappa shape index (κ2) is 8.00. The minimum atomic E-state index is -0.411. The molecule has 30 heavy (non-hydrogen) atoms. The van der Waals surface area contributed by atoms with Gasteiger partial charge in [-0.15, -0.1) is 0 Å². The van der Waals surface area contributed by atoms with Gasteiger partial charge in [0.15, 0.2) is 0 Å². The van der Waals surface area contributed by atoms with Crippen molar-refractivity contribution in [2.75, 3.05) is 5.32 Å². The zero-order valence-electron chi connectivity index (χ0n) is 16.2. The van der Waals surface area contributed by atoms with E-state index in [1.165, 1.54) is 18.3 Å². The number of non-ortho nitro benzene ring substituents is 1. The standard InChI is InChI=1S/C21H18ClN5O3/c1-13(14-3-7-17(8-4-14)30-20-10-5-15(22)12-23-20)24-21-25-18-9-6-16(27(28)29)11-19(18)26(21)2/h3-13H,1-2H3,(H,24,25). The van der Waals surface area contributed by atoms with Crippen molar-refractivity contribution in [3.63, 3.8) is 0 Å². The van der Waals surface area contributed by atoms with Crippen molar-refractivity contribution in [2.24, 2.45) is 7.05 Å². The quantitative estimate of drug-likeness (QED) is 0.325. The molecule has 0 saturated heterocycles. The maximum Gasteiger partial charge on any atom is 0.271 e. The van der Waals surface area contributed by atoms with Crippen molar-refractivity contribution >= 4 is 34.3 Å². The fourth-order valence-electron chi connectivity index (χ4n) is 3.07. The van der Waals surface area contributed by atoms with Crippen LogP contribution in [0.15, 0.2) is 60.8 Å². The SMILES string of the molecule is CC(Nc1nc2ccc([N+](=O)[O-])cc2n1C)c1ccc(Oc2ccc(Cl)cn2)cc1. The molecule has 152 valence electrons. The van der Waals surface area contributed by atoms with Crippen molar-refractivity contribution < 1.29 is 9.66 Å². The van der Waals surface area contributed by atoms with E-state index in [1.54, 1.807) is 18.2 Å². The Morgan fingerprint density at radius 3 is 2.60 bits per heavy atom. The van der Waals surface area contributed by atoms with Crippen LogP contribution >= 0.6 is 11.6 Å². The van der Waals surface area contributed by atoms with E-state index in [-0.39, 0.29) is 11.7 Å². The van der Waals surface area contributed by atoms with Crippen LogP contribution in [-0.2, 0) is 7.05 Å². The molecule has 4 aromatic rings. The summed E-state index contributed by atoms with van der Waals surface area (Å²) >= 11 is 5.83. The topological polar surface area (TPSA) is 95.1 Å². The normalized spacial score (nSPS) is 12.0. The van der Waals surface area contributed by atoms with Gasteiger partial charge in [0.2, 0.25) is 11.8 Å². The summed E-state index contributed by atoms with van der Waals surface area (Å²) in [5, 5.41) is 14.9. The van der Waals surface area contributed by atoms with Crippen LogP contribution in [0.4, 0.5) is 11.6 Å². The summed E-state index contributed by atoms with van der Waals surface area (Å²) in [6.07, 6.45) is 1.53. The van der Waals surface area contributed by atoms with Crippen LogP contribution in [0.2, 0.25) is 5.02 Å². The fourth-order valence-corrected chi connectivity index (χ4v) is 3.18. The predicted octanol–water partition coefficient (Wildman–Crippen LogP) is 5.50. The first kappa shape index (κ1) is 19.7. The predicted molar refractivity (Wildman–Crippen MR) is 115 cm³/mol. The van der Waals surface area contributed by atoms with Crippen LogP contribution in [-0.4, -0.2) is 19.5 Å². The van der Waals surface area contributed by atoms with Crippen molar-refractivity contribution in [1.29, 1.82) is 0 Å². The van der Waals surface area contributed by atoms with Crippen LogP contribution in [0.1, 0.15) is 18.5 Å². The van der Waals surface area contributed by atoms with Gasteiger partial charge in [-0.1, -0.05) is 23.7 Å². The van der Waals surface area contributed by atoms with Gasteiger partial charge in [-0.3, -0.25) is 10.1 Å². The largest absolute Gasteiger partial charge is 0.439 e. The molecule has 2 heterocycles. The number of nitrogens with one attached hydrogen (secondary N) is 1. The monoisotopic (exact) mass is 423 g/mol. The molecule has 2 aromatic carbocycles. The number of hydrogen-bond acceptors (Lipinski definition) is 6. The number of hydrogen-bond donors (Lipinski definition) is 1. The minimum Gasteiger partial charge on any atom is -0.439 e. The van der Waals surface area contributed by atoms with Gasteiger partial charge in [0.25, 0.3) is 5.69 Å². The molecule has 0 bridgehead atoms. The van der Waals surface area contributed by atoms with Gasteiger partial charge in [0.05, 0.1) is 27.0 Å². The number of benzene rings is 2. The van der Waals surface area contributed by atoms with E-state index in [4.69, 9.17) is 16.3 Å². The number of ether oxygens (including phenoxy) is 1. The summed E-state index contributed by atoms with van der Waals surface area (Å²) in [5.41, 5.74) is 2.45. The lowest BCUT2D eigenvalue weighted by Crippen LogP contribution is -2.10. The summed E-state index contributed by atoms with van der Waals surface area (Å²) in [6.45, 7) is 2.01. The average Bonchev–Trinajstić information content (AvgIpc) is 3.05. The zero-order valence-corrected chi connectivity index (χ0v) is 17.0. The average molecular weight is 424 g/mol. The van der Waals surface area contributed by atoms with Gasteiger partial charge in [-0.05, 0) is 36.8 Å². The Balaban J connectivity index is 1.49. The summed E-state index contributed by atoms with van der Waals surface area (Å²) in [4.78, 5) is 19.3. The third-order valence-electron chi connectivity index (χ3n) is 4.72. The molecule has 1 N–H and O–H groups in total. The third kappa shape index (κ3) is 4.04. The second-order valence-corrected chi connectivity index (χ2v) is 7.21. The summed E-state index contributed by atoms with van der Waals surface area (Å²) in [6, 6.07) is 15.6. The molecule has 0 fully saturated rings. The Morgan fingerprint density at radius 1 is 1.17 bits per heavy atom. The number of rotatable bonds is 6. The highest BCUT2D eigenvalue weighted by molar-refractivity contribution is 6.30. The highest BCUT2D eigenvalue weighted by Gasteiger charge is 2.15. The molecule has 0 amide bonds. The van der Waals surface area contributed by atoms with E-state index >= 15 is 0 Å². The molecule has 1 atom stereocenters. The smallest absolute Gasteiger partial charge is 0.271 e. The third-order valence-corrected chi connectivity index (χ3v) is 4.95. The van der Waals surface area contributed by atoms with Gasteiger partial charge >= 0.3 is 0 Å². The maximum absolute atomic E-state index is 11.0. The number of aromatic nitrogens is 3. The molecule has 0 radical (unpaired) electrons. The Kier molecular flexibility index (Phi) is 5.24. The van der Waals surface area contributed by atoms with E-state index in [0.717, 1.165) is 5.56 Å². The number of nitro groups is 1. The molecular formula is C21H18ClN5O3. The van der Waals surface area contributed by atoms with Crippen LogP contribution < -0.4 is 10.1 Å². The number of halogens is 1. The molecule has 1 unspecified atom stereocenters. The summed E-state index contributed by atoms with van der Waals surface area (Å²) in [7, 11) is 1.82. The number of imidazole rings is 1. The van der Waals surface area contributed by atoms with Gasteiger partial charge in [-0.25, -0.2) is 9.97 Å². The maximum atomic E-state index is 11.0. The molecule has 8 nitrogen and oxygen atoms in total. The molecule has 0 aliphatic carbocycles. The molecule has 4 rings (SSSR count). The minimum absolute atomic E-state index is 0.0378. The Bertz CT molecular complexity index is 1210. The van der Waals surface area contributed by atoms with Gasteiger partial charge < -0.3 is 14.6 Å². The first-order chi connectivity index (χ1) is 14.4. The van der Waals surface area contributed by atoms with Crippen molar-refractivity contribution in [3.05, 3.63) is 81.5 Å². The van der Waals surface area contributed by atoms with E-state index in [2.05, 4.69) is 15.3 Å².